The van der Waals surface area contributed by atoms with E-state index in [-0.39, 0.29) is 17.4 Å². The third kappa shape index (κ3) is 24.6. The number of allylic oxidation sites excluding steroid dienone is 6. The van der Waals surface area contributed by atoms with E-state index >= 15 is 0 Å². The summed E-state index contributed by atoms with van der Waals surface area (Å²) < 4.78 is 22.5. The molecule has 3 nitrogen and oxygen atoms in total. The minimum atomic E-state index is 0. The molecule has 0 saturated heterocycles. The summed E-state index contributed by atoms with van der Waals surface area (Å²) in [5.41, 5.74) is 1.43. The van der Waals surface area contributed by atoms with Crippen molar-refractivity contribution < 1.29 is 31.3 Å². The maximum atomic E-state index is 7.50. The Labute approximate surface area is 101 Å². The van der Waals surface area contributed by atoms with Crippen LogP contribution in [-0.4, -0.2) is 0 Å². The molecule has 1 rings (SSSR count). The van der Waals surface area contributed by atoms with Gasteiger partial charge in [0, 0.05) is 17.4 Å². The maximum Gasteiger partial charge on any atom is 0 e. The van der Waals surface area contributed by atoms with Crippen LogP contribution in [0.4, 0.5) is 0 Å². The molecular formula is C11H10CrO3. The SMILES string of the molecule is CC1=CC=CC=CC1.[C-]#[O+].[C-]#[O+].[C-]#[O+].[Cr]. The predicted octanol–water partition coefficient (Wildman–Crippen LogP) is 2.33. The van der Waals surface area contributed by atoms with Crippen LogP contribution in [0.1, 0.15) is 13.3 Å². The van der Waals surface area contributed by atoms with Crippen molar-refractivity contribution >= 4 is 0 Å². The first-order valence-corrected chi connectivity index (χ1v) is 3.50. The number of hydrogen-bond donors (Lipinski definition) is 0. The topological polar surface area (TPSA) is 59.7 Å². The van der Waals surface area contributed by atoms with Crippen LogP contribution in [0.25, 0.3) is 0 Å². The van der Waals surface area contributed by atoms with Crippen LogP contribution in [-0.2, 0) is 31.3 Å². The molecule has 4 heteroatoms. The van der Waals surface area contributed by atoms with Gasteiger partial charge in [0.2, 0.25) is 0 Å². The van der Waals surface area contributed by atoms with Crippen LogP contribution < -0.4 is 0 Å². The number of hydrogen-bond acceptors (Lipinski definition) is 0. The minimum Gasteiger partial charge on any atom is 0 e. The third-order valence-electron chi connectivity index (χ3n) is 1.18. The molecule has 0 heterocycles. The Morgan fingerprint density at radius 3 is 1.87 bits per heavy atom. The standard InChI is InChI=1S/C8H10.3CO.Cr/c1-8-6-4-2-3-5-7-8;3*1-2;/h2-6H,7H2,1H3;;;;. The first-order valence-electron chi connectivity index (χ1n) is 3.50. The van der Waals surface area contributed by atoms with E-state index in [9.17, 15) is 0 Å². The van der Waals surface area contributed by atoms with E-state index in [1.54, 1.807) is 0 Å². The molecule has 0 aromatic rings. The zero-order valence-electron chi connectivity index (χ0n) is 8.23. The summed E-state index contributed by atoms with van der Waals surface area (Å²) in [4.78, 5) is 0. The molecule has 0 aromatic heterocycles. The first-order chi connectivity index (χ1) is 6.89. The molecular weight excluding hydrogens is 232 g/mol. The molecule has 0 aliphatic heterocycles. The van der Waals surface area contributed by atoms with E-state index in [0.29, 0.717) is 0 Å². The normalized spacial score (nSPS) is 9.93. The predicted molar refractivity (Wildman–Crippen MR) is 48.4 cm³/mol. The molecule has 0 aromatic carbocycles. The molecule has 78 valence electrons. The van der Waals surface area contributed by atoms with Gasteiger partial charge in [-0.05, 0) is 13.3 Å². The average Bonchev–Trinajstić information content (AvgIpc) is 2.54. The summed E-state index contributed by atoms with van der Waals surface area (Å²) in [6.45, 7) is 15.6. The number of rotatable bonds is 0. The van der Waals surface area contributed by atoms with Gasteiger partial charge in [-0.2, -0.15) is 0 Å². The van der Waals surface area contributed by atoms with Crippen molar-refractivity contribution in [3.05, 3.63) is 55.9 Å². The summed E-state index contributed by atoms with van der Waals surface area (Å²) in [6, 6.07) is 0. The van der Waals surface area contributed by atoms with Crippen molar-refractivity contribution in [1.82, 2.24) is 0 Å². The van der Waals surface area contributed by atoms with Crippen molar-refractivity contribution in [3.8, 4) is 0 Å². The Hall–Kier alpha value is -1.03. The van der Waals surface area contributed by atoms with Crippen molar-refractivity contribution in [2.24, 2.45) is 0 Å². The molecule has 0 spiro atoms. The summed E-state index contributed by atoms with van der Waals surface area (Å²) in [5.74, 6) is 0. The summed E-state index contributed by atoms with van der Waals surface area (Å²) in [7, 11) is 0. The van der Waals surface area contributed by atoms with E-state index in [1.165, 1.54) is 5.57 Å². The molecule has 0 saturated carbocycles. The van der Waals surface area contributed by atoms with Gasteiger partial charge in [0.1, 0.15) is 0 Å². The smallest absolute Gasteiger partial charge is 0 e. The van der Waals surface area contributed by atoms with Crippen LogP contribution in [0.15, 0.2) is 36.0 Å². The van der Waals surface area contributed by atoms with E-state index in [0.717, 1.165) is 6.42 Å². The fourth-order valence-electron chi connectivity index (χ4n) is 0.685. The van der Waals surface area contributed by atoms with E-state index in [2.05, 4.69) is 57.3 Å². The summed E-state index contributed by atoms with van der Waals surface area (Å²) in [6.07, 6.45) is 11.6. The van der Waals surface area contributed by atoms with Gasteiger partial charge in [-0.15, -0.1) is 0 Å². The maximum absolute atomic E-state index is 7.50. The van der Waals surface area contributed by atoms with Gasteiger partial charge in [0.25, 0.3) is 0 Å². The van der Waals surface area contributed by atoms with Crippen molar-refractivity contribution in [3.63, 3.8) is 0 Å². The Bertz CT molecular complexity index is 242. The Morgan fingerprint density at radius 1 is 0.933 bits per heavy atom. The minimum absolute atomic E-state index is 0. The van der Waals surface area contributed by atoms with E-state index < -0.39 is 0 Å². The molecule has 0 fully saturated rings. The van der Waals surface area contributed by atoms with Gasteiger partial charge < -0.3 is 0 Å². The second-order valence-corrected chi connectivity index (χ2v) is 2.03. The van der Waals surface area contributed by atoms with Crippen LogP contribution >= 0.6 is 0 Å². The van der Waals surface area contributed by atoms with Gasteiger partial charge in [-0.1, -0.05) is 36.0 Å². The Kier molecular flexibility index (Phi) is 46.1. The molecule has 0 N–H and O–H groups in total. The monoisotopic (exact) mass is 242 g/mol. The average molecular weight is 242 g/mol. The Balaban J connectivity index is -0.0000000755. The van der Waals surface area contributed by atoms with Crippen molar-refractivity contribution in [2.75, 3.05) is 0 Å². The van der Waals surface area contributed by atoms with Gasteiger partial charge in [0.05, 0.1) is 0 Å². The van der Waals surface area contributed by atoms with Gasteiger partial charge in [-0.25, -0.2) is 0 Å². The second kappa shape index (κ2) is 29.3. The summed E-state index contributed by atoms with van der Waals surface area (Å²) >= 11 is 0. The second-order valence-electron chi connectivity index (χ2n) is 2.03. The largest absolute Gasteiger partial charge is 0 e. The molecule has 0 radical (unpaired) electrons. The van der Waals surface area contributed by atoms with Crippen LogP contribution in [0.5, 0.6) is 0 Å². The van der Waals surface area contributed by atoms with E-state index in [1.807, 2.05) is 0 Å². The molecule has 0 amide bonds. The first kappa shape index (κ1) is 23.6. The van der Waals surface area contributed by atoms with Crippen molar-refractivity contribution in [2.45, 2.75) is 13.3 Å². The Morgan fingerprint density at radius 2 is 1.40 bits per heavy atom. The van der Waals surface area contributed by atoms with Gasteiger partial charge in [-0.3, -0.25) is 0 Å². The molecule has 0 bridgehead atoms. The molecule has 1 aliphatic carbocycles. The van der Waals surface area contributed by atoms with Gasteiger partial charge >= 0.3 is 33.9 Å². The van der Waals surface area contributed by atoms with Crippen LogP contribution in [0.3, 0.4) is 0 Å². The summed E-state index contributed by atoms with van der Waals surface area (Å²) in [5, 5.41) is 0. The molecule has 0 atom stereocenters. The van der Waals surface area contributed by atoms with E-state index in [4.69, 9.17) is 14.0 Å². The molecule has 15 heavy (non-hydrogen) atoms. The fourth-order valence-corrected chi connectivity index (χ4v) is 0.685. The zero-order chi connectivity index (χ0) is 11.8. The van der Waals surface area contributed by atoms with Crippen LogP contribution in [0.2, 0.25) is 0 Å². The fraction of sp³-hybridized carbons (Fsp3) is 0.182. The zero-order valence-corrected chi connectivity index (χ0v) is 9.50. The van der Waals surface area contributed by atoms with Gasteiger partial charge in [0.15, 0.2) is 0 Å². The van der Waals surface area contributed by atoms with Crippen molar-refractivity contribution in [1.29, 1.82) is 0 Å². The quantitative estimate of drug-likeness (QED) is 0.462. The molecule has 0 unspecified atom stereocenters. The molecule has 1 aliphatic rings. The third-order valence-corrected chi connectivity index (χ3v) is 1.18. The van der Waals surface area contributed by atoms with Crippen LogP contribution in [0, 0.1) is 20.0 Å².